The molecule has 0 radical (unpaired) electrons. The molecule has 2 aliphatic rings. The summed E-state index contributed by atoms with van der Waals surface area (Å²) in [5.41, 5.74) is 0. The highest BCUT2D eigenvalue weighted by molar-refractivity contribution is 7.91. The highest BCUT2D eigenvalue weighted by Crippen LogP contribution is 2.27. The summed E-state index contributed by atoms with van der Waals surface area (Å²) >= 11 is 0. The molecule has 2 heterocycles. The monoisotopic (exact) mass is 375 g/mol. The zero-order valence-electron chi connectivity index (χ0n) is 15.3. The van der Waals surface area contributed by atoms with Gasteiger partial charge in [-0.05, 0) is 6.42 Å². The molecule has 2 fully saturated rings. The molecule has 2 atom stereocenters. The van der Waals surface area contributed by atoms with E-state index in [9.17, 15) is 18.0 Å². The number of hydrogen-bond acceptors (Lipinski definition) is 6. The molecule has 0 N–H and O–H groups in total. The highest BCUT2D eigenvalue weighted by atomic mass is 32.2. The van der Waals surface area contributed by atoms with Crippen molar-refractivity contribution >= 4 is 21.7 Å². The minimum absolute atomic E-state index is 0.00114. The van der Waals surface area contributed by atoms with Gasteiger partial charge in [0.25, 0.3) is 0 Å². The van der Waals surface area contributed by atoms with Crippen molar-refractivity contribution in [2.24, 2.45) is 0 Å². The normalized spacial score (nSPS) is 25.6. The zero-order chi connectivity index (χ0) is 18.6. The first-order valence-corrected chi connectivity index (χ1v) is 10.6. The number of sulfone groups is 1. The van der Waals surface area contributed by atoms with Crippen molar-refractivity contribution in [2.75, 3.05) is 58.4 Å². The van der Waals surface area contributed by atoms with E-state index in [4.69, 9.17) is 4.74 Å². The van der Waals surface area contributed by atoms with Crippen molar-refractivity contribution in [3.8, 4) is 0 Å². The van der Waals surface area contributed by atoms with Gasteiger partial charge in [0.2, 0.25) is 11.8 Å². The maximum Gasteiger partial charge on any atom is 0.248 e. The molecule has 2 rings (SSSR count). The summed E-state index contributed by atoms with van der Waals surface area (Å²) in [5.74, 6) is -0.267. The molecule has 0 bridgehead atoms. The maximum absolute atomic E-state index is 12.5. The zero-order valence-corrected chi connectivity index (χ0v) is 16.1. The van der Waals surface area contributed by atoms with Gasteiger partial charge in [0.15, 0.2) is 9.84 Å². The molecule has 2 aliphatic heterocycles. The number of rotatable bonds is 7. The number of unbranched alkanes of at least 4 members (excludes halogenated alkanes) is 1. The van der Waals surface area contributed by atoms with Gasteiger partial charge in [-0.1, -0.05) is 13.3 Å². The van der Waals surface area contributed by atoms with Crippen LogP contribution in [0.4, 0.5) is 0 Å². The van der Waals surface area contributed by atoms with E-state index in [1.54, 1.807) is 19.0 Å². The van der Waals surface area contributed by atoms with Gasteiger partial charge >= 0.3 is 0 Å². The first-order chi connectivity index (χ1) is 11.7. The molecule has 0 spiro atoms. The van der Waals surface area contributed by atoms with E-state index in [0.29, 0.717) is 19.7 Å². The van der Waals surface area contributed by atoms with Crippen LogP contribution in [0.1, 0.15) is 19.8 Å². The number of carbonyl (C=O) groups excluding carboxylic acids is 2. The summed E-state index contributed by atoms with van der Waals surface area (Å²) in [6, 6.07) is -0.710. The van der Waals surface area contributed by atoms with Crippen LogP contribution >= 0.6 is 0 Å². The SMILES string of the molecule is CCCCOCC(=O)N1CCN(CC(=O)N(C)C)[C@@H]2CS(=O)(=O)C[C@@H]21. The Balaban J connectivity index is 2.04. The lowest BCUT2D eigenvalue weighted by Gasteiger charge is -2.43. The van der Waals surface area contributed by atoms with Crippen LogP contribution in [-0.4, -0.2) is 105 Å². The second kappa shape index (κ2) is 8.46. The molecule has 144 valence electrons. The van der Waals surface area contributed by atoms with E-state index in [2.05, 4.69) is 0 Å². The Morgan fingerprint density at radius 2 is 1.84 bits per heavy atom. The number of ether oxygens (including phenoxy) is 1. The van der Waals surface area contributed by atoms with Gasteiger partial charge in [0.05, 0.1) is 24.1 Å². The summed E-state index contributed by atoms with van der Waals surface area (Å²) in [4.78, 5) is 29.5. The minimum atomic E-state index is -3.21. The van der Waals surface area contributed by atoms with Crippen LogP contribution in [0.25, 0.3) is 0 Å². The molecule has 0 unspecified atom stereocenters. The van der Waals surface area contributed by atoms with Crippen LogP contribution in [-0.2, 0) is 24.2 Å². The van der Waals surface area contributed by atoms with Crippen LogP contribution in [0.5, 0.6) is 0 Å². The first-order valence-electron chi connectivity index (χ1n) is 8.77. The quantitative estimate of drug-likeness (QED) is 0.542. The van der Waals surface area contributed by atoms with Crippen LogP contribution in [0, 0.1) is 0 Å². The molecular weight excluding hydrogens is 346 g/mol. The third-order valence-electron chi connectivity index (χ3n) is 4.82. The molecular formula is C16H29N3O5S. The second-order valence-corrected chi connectivity index (χ2v) is 9.12. The van der Waals surface area contributed by atoms with Gasteiger partial charge in [0.1, 0.15) is 6.61 Å². The molecule has 9 heteroatoms. The van der Waals surface area contributed by atoms with Crippen molar-refractivity contribution in [3.05, 3.63) is 0 Å². The molecule has 2 amide bonds. The third-order valence-corrected chi connectivity index (χ3v) is 6.52. The van der Waals surface area contributed by atoms with Crippen molar-refractivity contribution in [3.63, 3.8) is 0 Å². The van der Waals surface area contributed by atoms with E-state index in [0.717, 1.165) is 12.8 Å². The topological polar surface area (TPSA) is 87.2 Å². The van der Waals surface area contributed by atoms with E-state index in [-0.39, 0.29) is 42.5 Å². The molecule has 0 aliphatic carbocycles. The van der Waals surface area contributed by atoms with Crippen molar-refractivity contribution in [1.82, 2.24) is 14.7 Å². The molecule has 0 saturated carbocycles. The van der Waals surface area contributed by atoms with Gasteiger partial charge < -0.3 is 14.5 Å². The van der Waals surface area contributed by atoms with Gasteiger partial charge in [-0.25, -0.2) is 8.42 Å². The molecule has 25 heavy (non-hydrogen) atoms. The Kier molecular flexibility index (Phi) is 6.81. The van der Waals surface area contributed by atoms with E-state index in [1.165, 1.54) is 4.90 Å². The van der Waals surface area contributed by atoms with Gasteiger partial charge in [-0.3, -0.25) is 14.5 Å². The van der Waals surface area contributed by atoms with E-state index < -0.39 is 15.9 Å². The molecule has 0 aromatic rings. The molecule has 0 aromatic carbocycles. The van der Waals surface area contributed by atoms with Crippen molar-refractivity contribution in [2.45, 2.75) is 31.8 Å². The fraction of sp³-hybridized carbons (Fsp3) is 0.875. The van der Waals surface area contributed by atoms with Gasteiger partial charge in [0, 0.05) is 39.8 Å². The fourth-order valence-electron chi connectivity index (χ4n) is 3.33. The van der Waals surface area contributed by atoms with Crippen molar-refractivity contribution in [1.29, 1.82) is 0 Å². The number of piperazine rings is 1. The van der Waals surface area contributed by atoms with Gasteiger partial charge in [-0.15, -0.1) is 0 Å². The highest BCUT2D eigenvalue weighted by Gasteiger charge is 2.48. The van der Waals surface area contributed by atoms with Gasteiger partial charge in [-0.2, -0.15) is 0 Å². The van der Waals surface area contributed by atoms with E-state index >= 15 is 0 Å². The van der Waals surface area contributed by atoms with Crippen LogP contribution in [0.3, 0.4) is 0 Å². The fourth-order valence-corrected chi connectivity index (χ4v) is 5.35. The largest absolute Gasteiger partial charge is 0.372 e. The number of likely N-dealkylation sites (N-methyl/N-ethyl adjacent to an activating group) is 1. The van der Waals surface area contributed by atoms with Crippen LogP contribution in [0.15, 0.2) is 0 Å². The van der Waals surface area contributed by atoms with E-state index in [1.807, 2.05) is 11.8 Å². The summed E-state index contributed by atoms with van der Waals surface area (Å²) in [6.07, 6.45) is 1.89. The predicted molar refractivity (Wildman–Crippen MR) is 93.9 cm³/mol. The number of hydrogen-bond donors (Lipinski definition) is 0. The van der Waals surface area contributed by atoms with Crippen LogP contribution < -0.4 is 0 Å². The number of carbonyl (C=O) groups is 2. The smallest absolute Gasteiger partial charge is 0.248 e. The third kappa shape index (κ3) is 5.15. The molecule has 8 nitrogen and oxygen atoms in total. The summed E-state index contributed by atoms with van der Waals surface area (Å²) in [7, 11) is 0.144. The lowest BCUT2D eigenvalue weighted by atomic mass is 10.0. The average molecular weight is 375 g/mol. The standard InChI is InChI=1S/C16H29N3O5S/c1-4-5-8-24-10-16(21)19-7-6-18(9-15(20)17(2)3)13-11-25(22,23)12-14(13)19/h13-14H,4-12H2,1-3H3/t13-,14+/m1/s1. The number of amides is 2. The molecule has 2 saturated heterocycles. The Bertz CT molecular complexity index is 593. The van der Waals surface area contributed by atoms with Crippen LogP contribution in [0.2, 0.25) is 0 Å². The Labute approximate surface area is 150 Å². The predicted octanol–water partition coefficient (Wildman–Crippen LogP) is -0.799. The lowest BCUT2D eigenvalue weighted by molar-refractivity contribution is -0.143. The minimum Gasteiger partial charge on any atom is -0.372 e. The Morgan fingerprint density at radius 1 is 1.16 bits per heavy atom. The Morgan fingerprint density at radius 3 is 2.48 bits per heavy atom. The summed E-state index contributed by atoms with van der Waals surface area (Å²) < 4.78 is 29.7. The average Bonchev–Trinajstić information content (AvgIpc) is 2.86. The second-order valence-electron chi connectivity index (χ2n) is 6.96. The Hall–Kier alpha value is -1.19. The maximum atomic E-state index is 12.5. The van der Waals surface area contributed by atoms with Crippen molar-refractivity contribution < 1.29 is 22.7 Å². The number of nitrogens with zero attached hydrogens (tertiary/aromatic N) is 3. The summed E-state index contributed by atoms with van der Waals surface area (Å²) in [5, 5.41) is 0. The number of fused-ring (bicyclic) bond motifs is 1. The summed E-state index contributed by atoms with van der Waals surface area (Å²) in [6.45, 7) is 3.67. The lowest BCUT2D eigenvalue weighted by Crippen LogP contribution is -2.62. The molecule has 0 aromatic heterocycles. The first kappa shape index (κ1) is 20.1.